The molecule has 1 rings (SSSR count). The molecule has 1 aromatic carbocycles. The number of rotatable bonds is 3. The van der Waals surface area contributed by atoms with Crippen molar-refractivity contribution >= 4 is 11.8 Å². The molecule has 0 spiro atoms. The molecule has 0 fully saturated rings. The summed E-state index contributed by atoms with van der Waals surface area (Å²) in [6, 6.07) is 8.60. The van der Waals surface area contributed by atoms with Crippen LogP contribution in [0, 0.1) is 0 Å². The first-order chi connectivity index (χ1) is 7.11. The quantitative estimate of drug-likeness (QED) is 0.508. The van der Waals surface area contributed by atoms with Gasteiger partial charge in [-0.15, -0.1) is 0 Å². The molecule has 4 nitrogen and oxygen atoms in total. The van der Waals surface area contributed by atoms with E-state index in [1.54, 1.807) is 30.3 Å². The smallest absolute Gasteiger partial charge is 0.629 e. The van der Waals surface area contributed by atoms with Crippen molar-refractivity contribution in [1.29, 1.82) is 0 Å². The standard InChI is InChI=1S/C11H12N2O2.Na/c1-8(10(12)14)7-13-11(15)9-5-3-2-4-6-9;/h2-7H,1H3,(H3,12,13,14,15);/q;+1/p-1. The van der Waals surface area contributed by atoms with Gasteiger partial charge in [-0.05, 0) is 18.1 Å². The predicted molar refractivity (Wildman–Crippen MR) is 57.1 cm³/mol. The van der Waals surface area contributed by atoms with Gasteiger partial charge in [-0.1, -0.05) is 30.3 Å². The fourth-order valence-electron chi connectivity index (χ4n) is 0.874. The monoisotopic (exact) mass is 226 g/mol. The van der Waals surface area contributed by atoms with Gasteiger partial charge in [-0.2, -0.15) is 6.20 Å². The average Bonchev–Trinajstić information content (AvgIpc) is 2.26. The van der Waals surface area contributed by atoms with Crippen molar-refractivity contribution in [2.24, 2.45) is 5.73 Å². The summed E-state index contributed by atoms with van der Waals surface area (Å²) in [4.78, 5) is 22.0. The van der Waals surface area contributed by atoms with Crippen molar-refractivity contribution in [2.75, 3.05) is 0 Å². The minimum atomic E-state index is -0.584. The van der Waals surface area contributed by atoms with Crippen molar-refractivity contribution < 1.29 is 39.1 Å². The Morgan fingerprint density at radius 1 is 1.25 bits per heavy atom. The van der Waals surface area contributed by atoms with Gasteiger partial charge < -0.3 is 15.8 Å². The molecule has 0 unspecified atom stereocenters. The Labute approximate surface area is 116 Å². The summed E-state index contributed by atoms with van der Waals surface area (Å²) in [7, 11) is 0. The topological polar surface area (TPSA) is 74.3 Å². The van der Waals surface area contributed by atoms with Gasteiger partial charge in [0.15, 0.2) is 0 Å². The number of carbonyl (C=O) groups is 2. The maximum absolute atomic E-state index is 11.4. The Morgan fingerprint density at radius 2 is 1.81 bits per heavy atom. The second kappa shape index (κ2) is 7.22. The second-order valence-electron chi connectivity index (χ2n) is 2.98. The number of hydrogen-bond acceptors (Lipinski definition) is 2. The SMILES string of the molecule is C/C(=C/[N-]C(=O)c1ccccc1)C(N)=O.[Na+]. The number of benzene rings is 1. The molecule has 0 bridgehead atoms. The third-order valence-corrected chi connectivity index (χ3v) is 1.78. The fraction of sp³-hybridized carbons (Fsp3) is 0.0909. The number of primary amides is 1. The number of nitrogens with zero attached hydrogens (tertiary/aromatic N) is 1. The van der Waals surface area contributed by atoms with Crippen LogP contribution in [0.2, 0.25) is 0 Å². The van der Waals surface area contributed by atoms with E-state index in [0.29, 0.717) is 5.56 Å². The Balaban J connectivity index is 0.00000225. The molecule has 0 aromatic heterocycles. The molecule has 0 aliphatic rings. The second-order valence-corrected chi connectivity index (χ2v) is 2.98. The molecule has 0 aliphatic heterocycles. The van der Waals surface area contributed by atoms with Crippen LogP contribution < -0.4 is 35.3 Å². The first-order valence-corrected chi connectivity index (χ1v) is 4.38. The van der Waals surface area contributed by atoms with Crippen LogP contribution in [0.1, 0.15) is 17.3 Å². The summed E-state index contributed by atoms with van der Waals surface area (Å²) < 4.78 is 0. The van der Waals surface area contributed by atoms with Gasteiger partial charge in [-0.3, -0.25) is 4.79 Å². The molecule has 0 saturated heterocycles. The Hall–Kier alpha value is -1.10. The molecule has 2 N–H and O–H groups in total. The largest absolute Gasteiger partial charge is 1.00 e. The van der Waals surface area contributed by atoms with Crippen LogP contribution in [0.5, 0.6) is 0 Å². The molecule has 0 radical (unpaired) electrons. The van der Waals surface area contributed by atoms with Crippen molar-refractivity contribution in [3.05, 3.63) is 53.0 Å². The van der Waals surface area contributed by atoms with E-state index in [1.807, 2.05) is 0 Å². The molecular formula is C11H11N2NaO2. The first kappa shape index (κ1) is 14.9. The third-order valence-electron chi connectivity index (χ3n) is 1.78. The molecule has 0 aliphatic carbocycles. The van der Waals surface area contributed by atoms with E-state index in [2.05, 4.69) is 5.32 Å². The minimum Gasteiger partial charge on any atom is -0.629 e. The van der Waals surface area contributed by atoms with E-state index in [0.717, 1.165) is 0 Å². The normalized spacial score (nSPS) is 10.2. The van der Waals surface area contributed by atoms with Crippen LogP contribution in [-0.4, -0.2) is 11.8 Å². The van der Waals surface area contributed by atoms with Crippen molar-refractivity contribution in [3.8, 4) is 0 Å². The zero-order chi connectivity index (χ0) is 11.3. The maximum Gasteiger partial charge on any atom is 1.00 e. The van der Waals surface area contributed by atoms with Gasteiger partial charge in [-0.25, -0.2) is 0 Å². The minimum absolute atomic E-state index is 0. The summed E-state index contributed by atoms with van der Waals surface area (Å²) in [5, 5.41) is 3.61. The molecule has 2 amide bonds. The van der Waals surface area contributed by atoms with Gasteiger partial charge in [0, 0.05) is 0 Å². The van der Waals surface area contributed by atoms with E-state index < -0.39 is 11.8 Å². The van der Waals surface area contributed by atoms with Gasteiger partial charge in [0.2, 0.25) is 5.91 Å². The van der Waals surface area contributed by atoms with E-state index in [9.17, 15) is 9.59 Å². The van der Waals surface area contributed by atoms with Crippen LogP contribution >= 0.6 is 0 Å². The van der Waals surface area contributed by atoms with Crippen molar-refractivity contribution in [3.63, 3.8) is 0 Å². The third kappa shape index (κ3) is 4.61. The molecule has 5 heteroatoms. The molecule has 1 aromatic rings. The number of nitrogens with two attached hydrogens (primary N) is 1. The zero-order valence-corrected chi connectivity index (χ0v) is 11.3. The first-order valence-electron chi connectivity index (χ1n) is 4.38. The van der Waals surface area contributed by atoms with Crippen molar-refractivity contribution in [1.82, 2.24) is 0 Å². The fourth-order valence-corrected chi connectivity index (χ4v) is 0.874. The maximum atomic E-state index is 11.4. The summed E-state index contributed by atoms with van der Waals surface area (Å²) in [6.07, 6.45) is 1.18. The Bertz CT molecular complexity index is 402. The Kier molecular flexibility index (Phi) is 6.72. The van der Waals surface area contributed by atoms with Gasteiger partial charge in [0.25, 0.3) is 0 Å². The van der Waals surface area contributed by atoms with E-state index in [1.165, 1.54) is 13.1 Å². The van der Waals surface area contributed by atoms with Crippen LogP contribution in [0.15, 0.2) is 42.1 Å². The van der Waals surface area contributed by atoms with Gasteiger partial charge in [0.1, 0.15) is 0 Å². The van der Waals surface area contributed by atoms with Gasteiger partial charge >= 0.3 is 29.6 Å². The molecule has 0 saturated carbocycles. The predicted octanol–water partition coefficient (Wildman–Crippen LogP) is -1.41. The van der Waals surface area contributed by atoms with E-state index >= 15 is 0 Å². The molecule has 0 atom stereocenters. The Morgan fingerprint density at radius 3 is 2.31 bits per heavy atom. The molecular weight excluding hydrogens is 215 g/mol. The van der Waals surface area contributed by atoms with Crippen LogP contribution in [0.4, 0.5) is 0 Å². The molecule has 16 heavy (non-hydrogen) atoms. The van der Waals surface area contributed by atoms with Crippen molar-refractivity contribution in [2.45, 2.75) is 6.92 Å². The number of amides is 2. The van der Waals surface area contributed by atoms with E-state index in [-0.39, 0.29) is 35.1 Å². The summed E-state index contributed by atoms with van der Waals surface area (Å²) in [5.41, 5.74) is 5.71. The van der Waals surface area contributed by atoms with Gasteiger partial charge in [0.05, 0.1) is 5.91 Å². The zero-order valence-electron chi connectivity index (χ0n) is 9.31. The average molecular weight is 226 g/mol. The van der Waals surface area contributed by atoms with Crippen LogP contribution in [0.25, 0.3) is 5.32 Å². The molecule has 78 valence electrons. The van der Waals surface area contributed by atoms with Crippen LogP contribution in [-0.2, 0) is 4.79 Å². The van der Waals surface area contributed by atoms with Crippen LogP contribution in [0.3, 0.4) is 0 Å². The number of carbonyl (C=O) groups excluding carboxylic acids is 2. The summed E-state index contributed by atoms with van der Waals surface area (Å²) >= 11 is 0. The van der Waals surface area contributed by atoms with E-state index in [4.69, 9.17) is 5.73 Å². The summed E-state index contributed by atoms with van der Waals surface area (Å²) in [5.74, 6) is -0.976. The number of hydrogen-bond donors (Lipinski definition) is 1. The summed E-state index contributed by atoms with van der Waals surface area (Å²) in [6.45, 7) is 1.50. The molecule has 0 heterocycles.